The largest absolute Gasteiger partial charge is 0.379 e. The van der Waals surface area contributed by atoms with Gasteiger partial charge in [0.1, 0.15) is 10.3 Å². The van der Waals surface area contributed by atoms with Crippen LogP contribution in [0.15, 0.2) is 51.9 Å². The number of likely N-dealkylation sites (tertiary alicyclic amines) is 2. The summed E-state index contributed by atoms with van der Waals surface area (Å²) in [5.74, 6) is -1.08. The summed E-state index contributed by atoms with van der Waals surface area (Å²) in [6.07, 6.45) is 6.98. The minimum atomic E-state index is -0.507. The zero-order valence-corrected chi connectivity index (χ0v) is 31.7. The maximum absolute atomic E-state index is 15.7. The third-order valence-electron chi connectivity index (χ3n) is 12.0. The molecule has 52 heavy (non-hydrogen) atoms. The number of imide groups is 1. The highest BCUT2D eigenvalue weighted by Crippen LogP contribution is 2.43. The summed E-state index contributed by atoms with van der Waals surface area (Å²) in [5.41, 5.74) is 4.25. The summed E-state index contributed by atoms with van der Waals surface area (Å²) >= 11 is 3.42. The van der Waals surface area contributed by atoms with Crippen LogP contribution in [0.25, 0.3) is 0 Å². The van der Waals surface area contributed by atoms with Crippen molar-refractivity contribution in [3.05, 3.63) is 85.5 Å². The SMILES string of the molecule is Cc1c(C2CCC(=O)NC2=O)ccc(N2CCC3(CCN(C(=O)c4ccc(C5CC(Nc6cnn(C)c(=O)c6Br)CN(C)C5)cc4)CC3)CC2)c1F. The molecule has 2 aromatic carbocycles. The van der Waals surface area contributed by atoms with E-state index in [0.29, 0.717) is 52.0 Å². The van der Waals surface area contributed by atoms with Gasteiger partial charge in [0.2, 0.25) is 11.8 Å². The molecule has 0 bridgehead atoms. The third-order valence-corrected chi connectivity index (χ3v) is 12.8. The van der Waals surface area contributed by atoms with Crippen molar-refractivity contribution in [2.45, 2.75) is 69.7 Å². The second-order valence-electron chi connectivity index (χ2n) is 15.3. The third kappa shape index (κ3) is 7.26. The summed E-state index contributed by atoms with van der Waals surface area (Å²) in [6, 6.07) is 11.9. The van der Waals surface area contributed by atoms with Gasteiger partial charge in [-0.1, -0.05) is 18.2 Å². The van der Waals surface area contributed by atoms with Crippen molar-refractivity contribution >= 4 is 45.0 Å². The second-order valence-corrected chi connectivity index (χ2v) is 16.1. The van der Waals surface area contributed by atoms with Crippen LogP contribution in [-0.4, -0.2) is 89.7 Å². The molecule has 3 atom stereocenters. The van der Waals surface area contributed by atoms with Gasteiger partial charge in [-0.3, -0.25) is 24.5 Å². The minimum absolute atomic E-state index is 0.0656. The Bertz CT molecular complexity index is 1920. The monoisotopic (exact) mass is 775 g/mol. The van der Waals surface area contributed by atoms with Crippen molar-refractivity contribution in [3.63, 3.8) is 0 Å². The topological polar surface area (TPSA) is 120 Å². The van der Waals surface area contributed by atoms with Crippen LogP contribution in [0.5, 0.6) is 0 Å². The van der Waals surface area contributed by atoms with Crippen LogP contribution in [0.2, 0.25) is 0 Å². The maximum atomic E-state index is 15.7. The zero-order chi connectivity index (χ0) is 36.7. The first-order valence-electron chi connectivity index (χ1n) is 18.3. The van der Waals surface area contributed by atoms with Gasteiger partial charge in [-0.2, -0.15) is 5.10 Å². The normalized spacial score (nSPS) is 23.8. The lowest BCUT2D eigenvalue weighted by atomic mass is 9.71. The van der Waals surface area contributed by atoms with Crippen LogP contribution in [0.3, 0.4) is 0 Å². The van der Waals surface area contributed by atoms with Gasteiger partial charge in [0.15, 0.2) is 0 Å². The molecule has 276 valence electrons. The van der Waals surface area contributed by atoms with Crippen molar-refractivity contribution in [2.24, 2.45) is 12.5 Å². The smallest absolute Gasteiger partial charge is 0.282 e. The average molecular weight is 777 g/mol. The number of halogens is 2. The quantitative estimate of drug-likeness (QED) is 0.339. The van der Waals surface area contributed by atoms with Crippen LogP contribution in [0, 0.1) is 18.2 Å². The number of nitrogens with one attached hydrogen (secondary N) is 2. The van der Waals surface area contributed by atoms with Gasteiger partial charge in [0, 0.05) is 64.3 Å². The van der Waals surface area contributed by atoms with E-state index in [1.54, 1.807) is 26.2 Å². The molecule has 4 saturated heterocycles. The Labute approximate surface area is 312 Å². The molecule has 3 aromatic rings. The van der Waals surface area contributed by atoms with Gasteiger partial charge in [-0.05, 0) is 115 Å². The van der Waals surface area contributed by atoms with Gasteiger partial charge in [0.05, 0.1) is 23.5 Å². The number of likely N-dealkylation sites (N-methyl/N-ethyl adjacent to an activating group) is 1. The molecular formula is C39H47BrFN7O4. The molecule has 1 aromatic heterocycles. The molecule has 2 N–H and O–H groups in total. The van der Waals surface area contributed by atoms with E-state index >= 15 is 4.39 Å². The summed E-state index contributed by atoms with van der Waals surface area (Å²) < 4.78 is 17.5. The number of aryl methyl sites for hydroxylation is 1. The van der Waals surface area contributed by atoms with Crippen LogP contribution < -0.4 is 21.1 Å². The highest BCUT2D eigenvalue weighted by atomic mass is 79.9. The molecular weight excluding hydrogens is 729 g/mol. The molecule has 0 radical (unpaired) electrons. The molecule has 4 fully saturated rings. The predicted molar refractivity (Wildman–Crippen MR) is 201 cm³/mol. The van der Waals surface area contributed by atoms with Crippen molar-refractivity contribution < 1.29 is 18.8 Å². The van der Waals surface area contributed by atoms with E-state index in [4.69, 9.17) is 0 Å². The molecule has 0 aliphatic carbocycles. The number of hydrogen-bond acceptors (Lipinski definition) is 8. The van der Waals surface area contributed by atoms with Gasteiger partial charge >= 0.3 is 0 Å². The molecule has 0 saturated carbocycles. The molecule has 13 heteroatoms. The number of hydrogen-bond donors (Lipinski definition) is 2. The molecule has 7 rings (SSSR count). The molecule has 11 nitrogen and oxygen atoms in total. The van der Waals surface area contributed by atoms with Crippen LogP contribution in [-0.2, 0) is 16.6 Å². The van der Waals surface area contributed by atoms with Gasteiger partial charge < -0.3 is 20.0 Å². The van der Waals surface area contributed by atoms with Crippen LogP contribution in [0.4, 0.5) is 15.8 Å². The van der Waals surface area contributed by atoms with Crippen LogP contribution >= 0.6 is 15.9 Å². The van der Waals surface area contributed by atoms with Gasteiger partial charge in [-0.15, -0.1) is 0 Å². The van der Waals surface area contributed by atoms with Crippen molar-refractivity contribution in [2.75, 3.05) is 56.5 Å². The number of carbonyl (C=O) groups excluding carboxylic acids is 3. The molecule has 1 spiro atoms. The molecule has 4 aliphatic heterocycles. The number of piperidine rings is 4. The molecule has 5 heterocycles. The van der Waals surface area contributed by atoms with E-state index < -0.39 is 5.92 Å². The number of amides is 3. The number of aromatic nitrogens is 2. The number of benzene rings is 2. The van der Waals surface area contributed by atoms with E-state index in [2.05, 4.69) is 60.6 Å². The van der Waals surface area contributed by atoms with Crippen molar-refractivity contribution in [3.8, 4) is 0 Å². The Balaban J connectivity index is 0.923. The lowest BCUT2D eigenvalue weighted by molar-refractivity contribution is -0.134. The van der Waals surface area contributed by atoms with E-state index in [1.165, 1.54) is 10.2 Å². The van der Waals surface area contributed by atoms with E-state index in [-0.39, 0.29) is 52.9 Å². The summed E-state index contributed by atoms with van der Waals surface area (Å²) in [7, 11) is 3.73. The molecule has 4 aliphatic rings. The molecule has 3 unspecified atom stereocenters. The first-order chi connectivity index (χ1) is 24.9. The highest BCUT2D eigenvalue weighted by Gasteiger charge is 2.40. The average Bonchev–Trinajstić information content (AvgIpc) is 3.14. The van der Waals surface area contributed by atoms with Crippen molar-refractivity contribution in [1.29, 1.82) is 0 Å². The summed E-state index contributed by atoms with van der Waals surface area (Å²) in [6.45, 7) is 6.39. The highest BCUT2D eigenvalue weighted by molar-refractivity contribution is 9.10. The number of rotatable bonds is 6. The van der Waals surface area contributed by atoms with E-state index in [9.17, 15) is 19.2 Å². The predicted octanol–water partition coefficient (Wildman–Crippen LogP) is 4.93. The lowest BCUT2D eigenvalue weighted by Gasteiger charge is -2.47. The first kappa shape index (κ1) is 36.3. The van der Waals surface area contributed by atoms with Gasteiger partial charge in [0.25, 0.3) is 11.5 Å². The van der Waals surface area contributed by atoms with E-state index in [0.717, 1.165) is 58.3 Å². The Morgan fingerprint density at radius 2 is 1.67 bits per heavy atom. The standard InChI is InChI=1S/C39H47BrFN7O4/c1-24-29(30-9-11-33(49)44-36(30)50)8-10-32(35(24)41)47-16-12-39(13-17-47)14-18-48(19-15-39)37(51)26-6-4-25(5-7-26)27-20-28(23-45(2)22-27)43-31-21-42-46(3)38(52)34(31)40/h4-8,10,21,27-28,30,43H,9,11-20,22-23H2,1-3H3,(H,44,49,50). The number of anilines is 2. The maximum Gasteiger partial charge on any atom is 0.282 e. The van der Waals surface area contributed by atoms with Gasteiger partial charge in [-0.25, -0.2) is 9.07 Å². The Morgan fingerprint density at radius 1 is 0.981 bits per heavy atom. The lowest BCUT2D eigenvalue weighted by Crippen LogP contribution is -2.48. The Kier molecular flexibility index (Phi) is 10.3. The summed E-state index contributed by atoms with van der Waals surface area (Å²) in [4.78, 5) is 56.4. The Morgan fingerprint density at radius 3 is 2.37 bits per heavy atom. The molecule has 3 amide bonds. The fourth-order valence-corrected chi connectivity index (χ4v) is 9.25. The number of nitrogens with zero attached hydrogens (tertiary/aromatic N) is 5. The first-order valence-corrected chi connectivity index (χ1v) is 19.1. The van der Waals surface area contributed by atoms with Crippen LogP contribution in [0.1, 0.15) is 83.8 Å². The Hall–Kier alpha value is -4.10. The van der Waals surface area contributed by atoms with Crippen molar-refractivity contribution in [1.82, 2.24) is 24.9 Å². The fourth-order valence-electron chi connectivity index (χ4n) is 8.78. The zero-order valence-electron chi connectivity index (χ0n) is 30.1. The second kappa shape index (κ2) is 14.7. The fraction of sp³-hybridized carbons (Fsp3) is 0.513. The number of carbonyl (C=O) groups is 3. The summed E-state index contributed by atoms with van der Waals surface area (Å²) in [5, 5.41) is 10.1. The minimum Gasteiger partial charge on any atom is -0.379 e. The van der Waals surface area contributed by atoms with E-state index in [1.807, 2.05) is 23.1 Å².